The summed E-state index contributed by atoms with van der Waals surface area (Å²) in [7, 11) is 0. The molecular weight excluding hydrogens is 279 g/mol. The summed E-state index contributed by atoms with van der Waals surface area (Å²) in [6, 6.07) is 8.25. The average molecular weight is 302 g/mol. The number of hydrogen-bond donors (Lipinski definition) is 1. The van der Waals surface area contributed by atoms with E-state index in [-0.39, 0.29) is 5.82 Å². The summed E-state index contributed by atoms with van der Waals surface area (Å²) in [5.41, 5.74) is 1.80. The summed E-state index contributed by atoms with van der Waals surface area (Å²) < 4.78 is 13.0. The van der Waals surface area contributed by atoms with E-state index in [1.54, 1.807) is 12.1 Å². The molecule has 0 aliphatic rings. The lowest BCUT2D eigenvalue weighted by Crippen LogP contribution is -2.23. The van der Waals surface area contributed by atoms with Crippen LogP contribution in [0.5, 0.6) is 0 Å². The van der Waals surface area contributed by atoms with Crippen LogP contribution in [0.1, 0.15) is 32.9 Å². The van der Waals surface area contributed by atoms with E-state index in [1.807, 2.05) is 6.07 Å². The molecule has 0 saturated heterocycles. The Balaban J connectivity index is 2.30. The minimum Gasteiger partial charge on any atom is -0.357 e. The van der Waals surface area contributed by atoms with Gasteiger partial charge in [-0.25, -0.2) is 9.37 Å². The molecule has 5 heteroatoms. The van der Waals surface area contributed by atoms with Crippen molar-refractivity contribution in [3.8, 4) is 0 Å². The maximum Gasteiger partial charge on any atom is 0.229 e. The van der Waals surface area contributed by atoms with Crippen molar-refractivity contribution in [2.75, 3.05) is 23.3 Å². The van der Waals surface area contributed by atoms with Crippen molar-refractivity contribution < 1.29 is 4.39 Å². The van der Waals surface area contributed by atoms with Gasteiger partial charge in [-0.3, -0.25) is 0 Å². The van der Waals surface area contributed by atoms with E-state index in [9.17, 15) is 4.39 Å². The average Bonchev–Trinajstić information content (AvgIpc) is 2.51. The molecule has 22 heavy (non-hydrogen) atoms. The molecule has 1 heterocycles. The van der Waals surface area contributed by atoms with E-state index in [0.29, 0.717) is 5.95 Å². The number of nitrogens with one attached hydrogen (secondary N) is 1. The van der Waals surface area contributed by atoms with Crippen LogP contribution in [0.25, 0.3) is 0 Å². The molecule has 0 radical (unpaired) electrons. The Morgan fingerprint density at radius 3 is 2.32 bits per heavy atom. The van der Waals surface area contributed by atoms with Crippen LogP contribution in [0.15, 0.2) is 30.3 Å². The molecule has 1 aromatic carbocycles. The van der Waals surface area contributed by atoms with Crippen LogP contribution in [0.4, 0.5) is 21.8 Å². The molecule has 0 aliphatic carbocycles. The highest BCUT2D eigenvalue weighted by Gasteiger charge is 2.09. The molecule has 4 nitrogen and oxygen atoms in total. The van der Waals surface area contributed by atoms with Gasteiger partial charge in [0.1, 0.15) is 11.6 Å². The molecule has 0 atom stereocenters. The van der Waals surface area contributed by atoms with Crippen LogP contribution in [0.3, 0.4) is 0 Å². The Morgan fingerprint density at radius 1 is 1.05 bits per heavy atom. The number of hydrogen-bond acceptors (Lipinski definition) is 4. The predicted molar refractivity (Wildman–Crippen MR) is 89.3 cm³/mol. The zero-order chi connectivity index (χ0) is 15.9. The number of halogens is 1. The Hall–Kier alpha value is -2.17. The molecule has 0 aliphatic heterocycles. The summed E-state index contributed by atoms with van der Waals surface area (Å²) in [6.07, 6.45) is 1.94. The van der Waals surface area contributed by atoms with Gasteiger partial charge in [-0.2, -0.15) is 4.98 Å². The summed E-state index contributed by atoms with van der Waals surface area (Å²) in [5.74, 6) is 1.22. The topological polar surface area (TPSA) is 41.1 Å². The van der Waals surface area contributed by atoms with Gasteiger partial charge >= 0.3 is 0 Å². The highest BCUT2D eigenvalue weighted by atomic mass is 19.1. The van der Waals surface area contributed by atoms with Gasteiger partial charge in [0.2, 0.25) is 5.95 Å². The Kier molecular flexibility index (Phi) is 5.69. The summed E-state index contributed by atoms with van der Waals surface area (Å²) in [4.78, 5) is 11.3. The van der Waals surface area contributed by atoms with Crippen LogP contribution in [-0.4, -0.2) is 23.1 Å². The van der Waals surface area contributed by atoms with Crippen molar-refractivity contribution in [1.82, 2.24) is 9.97 Å². The first-order valence-electron chi connectivity index (χ1n) is 7.81. The largest absolute Gasteiger partial charge is 0.357 e. The molecule has 0 saturated carbocycles. The van der Waals surface area contributed by atoms with E-state index in [2.05, 4.69) is 41.0 Å². The van der Waals surface area contributed by atoms with Crippen molar-refractivity contribution >= 4 is 17.5 Å². The van der Waals surface area contributed by atoms with Gasteiger partial charge in [-0.1, -0.05) is 13.3 Å². The van der Waals surface area contributed by atoms with Crippen molar-refractivity contribution in [2.45, 2.75) is 33.6 Å². The monoisotopic (exact) mass is 302 g/mol. The molecule has 0 fully saturated rings. The molecule has 0 spiro atoms. The number of nitrogens with zero attached hydrogens (tertiary/aromatic N) is 3. The second-order valence-electron chi connectivity index (χ2n) is 5.10. The lowest BCUT2D eigenvalue weighted by atomic mass is 10.2. The van der Waals surface area contributed by atoms with Crippen LogP contribution in [-0.2, 0) is 6.42 Å². The van der Waals surface area contributed by atoms with Gasteiger partial charge in [0.15, 0.2) is 0 Å². The number of anilines is 3. The Morgan fingerprint density at radius 2 is 1.73 bits per heavy atom. The van der Waals surface area contributed by atoms with Crippen molar-refractivity contribution in [3.05, 3.63) is 41.8 Å². The van der Waals surface area contributed by atoms with Crippen molar-refractivity contribution in [2.24, 2.45) is 0 Å². The third-order valence-corrected chi connectivity index (χ3v) is 3.46. The second-order valence-corrected chi connectivity index (χ2v) is 5.10. The number of aryl methyl sites for hydroxylation is 1. The molecule has 0 amide bonds. The molecular formula is C17H23FN4. The lowest BCUT2D eigenvalue weighted by Gasteiger charge is -2.21. The summed E-state index contributed by atoms with van der Waals surface area (Å²) in [6.45, 7) is 8.15. The van der Waals surface area contributed by atoms with Crippen LogP contribution < -0.4 is 10.2 Å². The quantitative estimate of drug-likeness (QED) is 0.834. The van der Waals surface area contributed by atoms with Crippen LogP contribution in [0, 0.1) is 5.82 Å². The van der Waals surface area contributed by atoms with E-state index >= 15 is 0 Å². The first-order valence-corrected chi connectivity index (χ1v) is 7.81. The third kappa shape index (κ3) is 4.16. The van der Waals surface area contributed by atoms with Gasteiger partial charge in [0.25, 0.3) is 0 Å². The minimum atomic E-state index is -0.255. The predicted octanol–water partition coefficient (Wildman–Crippen LogP) is 4.16. The zero-order valence-electron chi connectivity index (χ0n) is 13.4. The van der Waals surface area contributed by atoms with Gasteiger partial charge < -0.3 is 10.2 Å². The molecule has 2 rings (SSSR count). The van der Waals surface area contributed by atoms with Crippen molar-refractivity contribution in [1.29, 1.82) is 0 Å². The van der Waals surface area contributed by atoms with Gasteiger partial charge in [-0.15, -0.1) is 0 Å². The fourth-order valence-corrected chi connectivity index (χ4v) is 2.30. The highest BCUT2D eigenvalue weighted by molar-refractivity contribution is 5.55. The highest BCUT2D eigenvalue weighted by Crippen LogP contribution is 2.19. The smallest absolute Gasteiger partial charge is 0.229 e. The van der Waals surface area contributed by atoms with E-state index in [0.717, 1.165) is 43.1 Å². The fraction of sp³-hybridized carbons (Fsp3) is 0.412. The molecule has 0 unspecified atom stereocenters. The molecule has 2 aromatic rings. The van der Waals surface area contributed by atoms with Crippen molar-refractivity contribution in [3.63, 3.8) is 0 Å². The normalized spacial score (nSPS) is 10.5. The molecule has 118 valence electrons. The second kappa shape index (κ2) is 7.73. The molecule has 0 bridgehead atoms. The van der Waals surface area contributed by atoms with Gasteiger partial charge in [-0.05, 0) is 44.5 Å². The summed E-state index contributed by atoms with van der Waals surface area (Å²) in [5, 5.41) is 3.16. The van der Waals surface area contributed by atoms with E-state index in [1.165, 1.54) is 12.1 Å². The van der Waals surface area contributed by atoms with E-state index < -0.39 is 0 Å². The summed E-state index contributed by atoms with van der Waals surface area (Å²) >= 11 is 0. The van der Waals surface area contributed by atoms with Crippen LogP contribution >= 0.6 is 0 Å². The lowest BCUT2D eigenvalue weighted by molar-refractivity contribution is 0.628. The first kappa shape index (κ1) is 16.2. The Bertz CT molecular complexity index is 594. The maximum absolute atomic E-state index is 13.0. The third-order valence-electron chi connectivity index (χ3n) is 3.46. The SMILES string of the molecule is CCCc1cc(N(CC)CC)nc(Nc2ccc(F)cc2)n1. The van der Waals surface area contributed by atoms with E-state index in [4.69, 9.17) is 0 Å². The molecule has 1 N–H and O–H groups in total. The van der Waals surface area contributed by atoms with Crippen LogP contribution in [0.2, 0.25) is 0 Å². The number of aromatic nitrogens is 2. The number of rotatable bonds is 7. The van der Waals surface area contributed by atoms with Gasteiger partial charge in [0.05, 0.1) is 0 Å². The zero-order valence-corrected chi connectivity index (χ0v) is 13.4. The minimum absolute atomic E-state index is 0.255. The van der Waals surface area contributed by atoms with Gasteiger partial charge in [0, 0.05) is 30.5 Å². The molecule has 1 aromatic heterocycles. The number of benzene rings is 1. The fourth-order valence-electron chi connectivity index (χ4n) is 2.30. The maximum atomic E-state index is 13.0. The Labute approximate surface area is 131 Å². The first-order chi connectivity index (χ1) is 10.7. The standard InChI is InChI=1S/C17H23FN4/c1-4-7-15-12-16(22(5-2)6-3)21-17(20-15)19-14-10-8-13(18)9-11-14/h8-12H,4-7H2,1-3H3,(H,19,20,21).